The lowest BCUT2D eigenvalue weighted by atomic mass is 9.82. The Labute approximate surface area is 189 Å². The second kappa shape index (κ2) is 9.05. The summed E-state index contributed by atoms with van der Waals surface area (Å²) in [5.74, 6) is 1.68. The van der Waals surface area contributed by atoms with Crippen LogP contribution in [0.1, 0.15) is 49.0 Å². The van der Waals surface area contributed by atoms with Crippen LogP contribution in [0.15, 0.2) is 47.8 Å². The first-order valence-electron chi connectivity index (χ1n) is 12.0. The summed E-state index contributed by atoms with van der Waals surface area (Å²) in [5.41, 5.74) is 0.0174. The van der Waals surface area contributed by atoms with Gasteiger partial charge in [0.15, 0.2) is 5.60 Å². The van der Waals surface area contributed by atoms with Crippen LogP contribution >= 0.6 is 11.3 Å². The zero-order valence-corrected chi connectivity index (χ0v) is 19.0. The molecule has 4 nitrogen and oxygen atoms in total. The van der Waals surface area contributed by atoms with E-state index in [-0.39, 0.29) is 11.8 Å². The van der Waals surface area contributed by atoms with E-state index in [0.29, 0.717) is 24.3 Å². The van der Waals surface area contributed by atoms with Gasteiger partial charge in [0.2, 0.25) is 0 Å². The molecule has 2 saturated carbocycles. The van der Waals surface area contributed by atoms with E-state index < -0.39 is 5.60 Å². The molecule has 0 spiro atoms. The van der Waals surface area contributed by atoms with Crippen LogP contribution in [-0.4, -0.2) is 35.5 Å². The van der Waals surface area contributed by atoms with Crippen molar-refractivity contribution >= 4 is 17.2 Å². The standard InChI is InChI=1S/C26H34N2O2S/c29-25(26(30,22-9-4-5-10-22)24-11-6-14-31-24)27-15-23-20-12-13-21(23)18-28(17-20)16-19-7-2-1-3-8-19/h1-3,6-8,11,14,20-23,30H,4-5,9-10,12-13,15-18H2,(H,27,29). The van der Waals surface area contributed by atoms with E-state index in [2.05, 4.69) is 40.5 Å². The van der Waals surface area contributed by atoms with Crippen molar-refractivity contribution in [2.75, 3.05) is 19.6 Å². The molecule has 166 valence electrons. The van der Waals surface area contributed by atoms with Gasteiger partial charge in [0, 0.05) is 37.0 Å². The predicted molar refractivity (Wildman–Crippen MR) is 125 cm³/mol. The highest BCUT2D eigenvalue weighted by Crippen LogP contribution is 2.44. The van der Waals surface area contributed by atoms with Gasteiger partial charge in [0.05, 0.1) is 0 Å². The SMILES string of the molecule is O=C(NCC1C2CCC1CN(Cc1ccccc1)C2)C(O)(c1cccs1)C1CCCC1. The van der Waals surface area contributed by atoms with Gasteiger partial charge in [-0.1, -0.05) is 49.2 Å². The van der Waals surface area contributed by atoms with Gasteiger partial charge in [-0.3, -0.25) is 9.69 Å². The van der Waals surface area contributed by atoms with Gasteiger partial charge in [-0.05, 0) is 60.4 Å². The zero-order valence-electron chi connectivity index (χ0n) is 18.2. The molecule has 1 saturated heterocycles. The predicted octanol–water partition coefficient (Wildman–Crippen LogP) is 4.40. The number of likely N-dealkylation sites (tertiary alicyclic amines) is 1. The van der Waals surface area contributed by atoms with E-state index in [4.69, 9.17) is 0 Å². The lowest BCUT2D eigenvalue weighted by Crippen LogP contribution is -2.52. The smallest absolute Gasteiger partial charge is 0.257 e. The first-order valence-corrected chi connectivity index (χ1v) is 12.8. The Hall–Kier alpha value is -1.69. The Morgan fingerprint density at radius 1 is 1.03 bits per heavy atom. The number of amides is 1. The van der Waals surface area contributed by atoms with Crippen molar-refractivity contribution in [1.82, 2.24) is 10.2 Å². The van der Waals surface area contributed by atoms with Crippen molar-refractivity contribution < 1.29 is 9.90 Å². The molecule has 0 radical (unpaired) electrons. The fraction of sp³-hybridized carbons (Fsp3) is 0.577. The van der Waals surface area contributed by atoms with Gasteiger partial charge in [-0.2, -0.15) is 0 Å². The number of hydrogen-bond acceptors (Lipinski definition) is 4. The third kappa shape index (κ3) is 4.20. The van der Waals surface area contributed by atoms with E-state index in [0.717, 1.165) is 50.2 Å². The van der Waals surface area contributed by atoms with Crippen LogP contribution in [0.2, 0.25) is 0 Å². The maximum Gasteiger partial charge on any atom is 0.257 e. The highest BCUT2D eigenvalue weighted by molar-refractivity contribution is 7.10. The molecule has 3 unspecified atom stereocenters. The van der Waals surface area contributed by atoms with E-state index >= 15 is 0 Å². The number of nitrogens with zero attached hydrogens (tertiary/aromatic N) is 1. The van der Waals surface area contributed by atoms with E-state index in [1.54, 1.807) is 0 Å². The summed E-state index contributed by atoms with van der Waals surface area (Å²) in [5, 5.41) is 16.8. The summed E-state index contributed by atoms with van der Waals surface area (Å²) in [7, 11) is 0. The molecule has 2 heterocycles. The van der Waals surface area contributed by atoms with E-state index in [1.165, 1.54) is 29.7 Å². The third-order valence-corrected chi connectivity index (χ3v) is 9.04. The second-order valence-electron chi connectivity index (χ2n) is 9.88. The molecule has 31 heavy (non-hydrogen) atoms. The maximum absolute atomic E-state index is 13.4. The highest BCUT2D eigenvalue weighted by atomic mass is 32.1. The van der Waals surface area contributed by atoms with Crippen LogP contribution in [0, 0.1) is 23.7 Å². The van der Waals surface area contributed by atoms with Gasteiger partial charge in [0.1, 0.15) is 0 Å². The molecule has 3 aliphatic rings. The average molecular weight is 439 g/mol. The molecule has 5 rings (SSSR count). The summed E-state index contributed by atoms with van der Waals surface area (Å²) in [6.07, 6.45) is 6.60. The lowest BCUT2D eigenvalue weighted by molar-refractivity contribution is -0.147. The molecular weight excluding hydrogens is 404 g/mol. The molecule has 2 aromatic rings. The minimum absolute atomic E-state index is 0.0376. The minimum Gasteiger partial charge on any atom is -0.374 e. The summed E-state index contributed by atoms with van der Waals surface area (Å²) in [4.78, 5) is 16.8. The van der Waals surface area contributed by atoms with Crippen molar-refractivity contribution in [3.05, 3.63) is 58.3 Å². The number of aliphatic hydroxyl groups is 1. The monoisotopic (exact) mass is 438 g/mol. The van der Waals surface area contributed by atoms with Crippen LogP contribution in [0.4, 0.5) is 0 Å². The van der Waals surface area contributed by atoms with Crippen LogP contribution in [0.5, 0.6) is 0 Å². The van der Waals surface area contributed by atoms with Crippen LogP contribution in [0.25, 0.3) is 0 Å². The normalized spacial score (nSPS) is 28.5. The summed E-state index contributed by atoms with van der Waals surface area (Å²) >= 11 is 1.50. The van der Waals surface area contributed by atoms with Crippen LogP contribution < -0.4 is 5.32 Å². The Bertz CT molecular complexity index is 851. The quantitative estimate of drug-likeness (QED) is 0.674. The Kier molecular flexibility index (Phi) is 6.18. The number of carbonyl (C=O) groups excluding carboxylic acids is 1. The Morgan fingerprint density at radius 3 is 2.39 bits per heavy atom. The Balaban J connectivity index is 1.22. The van der Waals surface area contributed by atoms with Crippen molar-refractivity contribution in [1.29, 1.82) is 0 Å². The highest BCUT2D eigenvalue weighted by Gasteiger charge is 2.48. The molecule has 3 fully saturated rings. The fourth-order valence-electron chi connectivity index (χ4n) is 6.42. The molecule has 2 N–H and O–H groups in total. The van der Waals surface area contributed by atoms with Gasteiger partial charge >= 0.3 is 0 Å². The minimum atomic E-state index is -1.36. The van der Waals surface area contributed by atoms with Gasteiger partial charge in [-0.15, -0.1) is 11.3 Å². The third-order valence-electron chi connectivity index (χ3n) is 8.04. The fourth-order valence-corrected chi connectivity index (χ4v) is 7.32. The average Bonchev–Trinajstić information content (AvgIpc) is 3.54. The topological polar surface area (TPSA) is 52.6 Å². The van der Waals surface area contributed by atoms with Crippen molar-refractivity contribution in [2.45, 2.75) is 50.7 Å². The molecule has 1 amide bonds. The Morgan fingerprint density at radius 2 is 1.74 bits per heavy atom. The molecule has 5 heteroatoms. The van der Waals surface area contributed by atoms with Gasteiger partial charge in [-0.25, -0.2) is 0 Å². The van der Waals surface area contributed by atoms with Crippen molar-refractivity contribution in [2.24, 2.45) is 23.7 Å². The summed E-state index contributed by atoms with van der Waals surface area (Å²) < 4.78 is 0. The molecule has 2 aliphatic carbocycles. The van der Waals surface area contributed by atoms with E-state index in [1.807, 2.05) is 17.5 Å². The first-order chi connectivity index (χ1) is 15.1. The number of hydrogen-bond donors (Lipinski definition) is 2. The first kappa shape index (κ1) is 21.2. The lowest BCUT2D eigenvalue weighted by Gasteiger charge is -2.39. The molecule has 2 bridgehead atoms. The molecule has 1 aromatic carbocycles. The van der Waals surface area contributed by atoms with Crippen LogP contribution in [-0.2, 0) is 16.9 Å². The van der Waals surface area contributed by atoms with Crippen molar-refractivity contribution in [3.63, 3.8) is 0 Å². The number of benzene rings is 1. The number of piperidine rings is 1. The molecule has 1 aromatic heterocycles. The second-order valence-corrected chi connectivity index (χ2v) is 10.8. The zero-order chi connectivity index (χ0) is 21.3. The molecular formula is C26H34N2O2S. The maximum atomic E-state index is 13.4. The van der Waals surface area contributed by atoms with Crippen molar-refractivity contribution in [3.8, 4) is 0 Å². The number of nitrogens with one attached hydrogen (secondary N) is 1. The number of rotatable bonds is 7. The number of fused-ring (bicyclic) bond motifs is 2. The number of carbonyl (C=O) groups is 1. The molecule has 3 atom stereocenters. The summed E-state index contributed by atoms with van der Waals surface area (Å²) in [6, 6.07) is 14.6. The summed E-state index contributed by atoms with van der Waals surface area (Å²) in [6.45, 7) is 3.95. The molecule has 1 aliphatic heterocycles. The van der Waals surface area contributed by atoms with Gasteiger partial charge < -0.3 is 10.4 Å². The van der Waals surface area contributed by atoms with Gasteiger partial charge in [0.25, 0.3) is 5.91 Å². The number of thiophene rings is 1. The van der Waals surface area contributed by atoms with E-state index in [9.17, 15) is 9.90 Å². The van der Waals surface area contributed by atoms with Crippen LogP contribution in [0.3, 0.4) is 0 Å². The largest absolute Gasteiger partial charge is 0.374 e.